The van der Waals surface area contributed by atoms with Gasteiger partial charge in [-0.05, 0) is 36.8 Å². The third-order valence-electron chi connectivity index (χ3n) is 3.78. The van der Waals surface area contributed by atoms with Crippen LogP contribution in [-0.2, 0) is 23.1 Å². The zero-order valence-electron chi connectivity index (χ0n) is 14.3. The predicted octanol–water partition coefficient (Wildman–Crippen LogP) is 1.56. The van der Waals surface area contributed by atoms with Crippen LogP contribution in [-0.4, -0.2) is 49.4 Å². The van der Waals surface area contributed by atoms with E-state index in [9.17, 15) is 9.59 Å². The Morgan fingerprint density at radius 3 is 2.71 bits per heavy atom. The molecule has 130 valence electrons. The highest BCUT2D eigenvalue weighted by molar-refractivity contribution is 7.99. The van der Waals surface area contributed by atoms with Crippen LogP contribution in [0.5, 0.6) is 0 Å². The molecule has 0 spiro atoms. The molecule has 0 amide bonds. The summed E-state index contributed by atoms with van der Waals surface area (Å²) in [6.07, 6.45) is 1.04. The summed E-state index contributed by atoms with van der Waals surface area (Å²) in [5.41, 5.74) is 2.62. The first-order valence-electron chi connectivity index (χ1n) is 7.56. The molecule has 8 nitrogen and oxygen atoms in total. The van der Waals surface area contributed by atoms with E-state index in [1.165, 1.54) is 23.6 Å². The van der Waals surface area contributed by atoms with Crippen LogP contribution in [0.4, 0.5) is 0 Å². The molecule has 9 heteroatoms. The van der Waals surface area contributed by atoms with E-state index in [1.54, 1.807) is 7.05 Å². The number of Topliss-reactive ketones (excluding diaryl/α,β-unsaturated/α-hetero) is 1. The van der Waals surface area contributed by atoms with Gasteiger partial charge in [0.05, 0.1) is 12.9 Å². The second-order valence-electron chi connectivity index (χ2n) is 5.41. The van der Waals surface area contributed by atoms with Crippen molar-refractivity contribution >= 4 is 23.5 Å². The van der Waals surface area contributed by atoms with Crippen LogP contribution in [0.15, 0.2) is 11.2 Å². The molecule has 2 aromatic heterocycles. The molecule has 0 radical (unpaired) electrons. The maximum absolute atomic E-state index is 12.5. The highest BCUT2D eigenvalue weighted by Crippen LogP contribution is 2.20. The van der Waals surface area contributed by atoms with Crippen molar-refractivity contribution in [1.29, 1.82) is 0 Å². The van der Waals surface area contributed by atoms with Gasteiger partial charge in [0.1, 0.15) is 0 Å². The van der Waals surface area contributed by atoms with Crippen molar-refractivity contribution in [1.82, 2.24) is 24.8 Å². The Morgan fingerprint density at radius 1 is 1.33 bits per heavy atom. The van der Waals surface area contributed by atoms with Crippen molar-refractivity contribution in [2.24, 2.45) is 7.05 Å². The second-order valence-corrected chi connectivity index (χ2v) is 6.36. The first-order valence-corrected chi connectivity index (χ1v) is 8.54. The van der Waals surface area contributed by atoms with Gasteiger partial charge in [-0.2, -0.15) is 0 Å². The topological polar surface area (TPSA) is 91.9 Å². The van der Waals surface area contributed by atoms with Crippen molar-refractivity contribution in [3.63, 3.8) is 0 Å². The quantitative estimate of drug-likeness (QED) is 0.405. The minimum Gasteiger partial charge on any atom is -0.469 e. The number of hydrogen-bond acceptors (Lipinski definition) is 7. The maximum Gasteiger partial charge on any atom is 0.305 e. The first kappa shape index (κ1) is 18.2. The molecular weight excluding hydrogens is 330 g/mol. The van der Waals surface area contributed by atoms with E-state index >= 15 is 0 Å². The summed E-state index contributed by atoms with van der Waals surface area (Å²) >= 11 is 1.31. The van der Waals surface area contributed by atoms with Gasteiger partial charge in [-0.25, -0.2) is 4.68 Å². The Bertz CT molecular complexity index is 738. The monoisotopic (exact) mass is 351 g/mol. The van der Waals surface area contributed by atoms with E-state index in [0.717, 1.165) is 11.4 Å². The summed E-state index contributed by atoms with van der Waals surface area (Å²) in [5.74, 6) is 0.0958. The highest BCUT2D eigenvalue weighted by Gasteiger charge is 2.17. The number of esters is 1. The summed E-state index contributed by atoms with van der Waals surface area (Å²) in [6, 6.07) is 1.89. The molecule has 0 saturated carbocycles. The summed E-state index contributed by atoms with van der Waals surface area (Å²) in [4.78, 5) is 23.7. The van der Waals surface area contributed by atoms with Crippen LogP contribution in [0.1, 0.15) is 34.6 Å². The van der Waals surface area contributed by atoms with Crippen LogP contribution >= 0.6 is 11.8 Å². The average Bonchev–Trinajstić information content (AvgIpc) is 3.09. The average molecular weight is 351 g/mol. The Labute approximate surface area is 144 Å². The minimum atomic E-state index is -0.220. The van der Waals surface area contributed by atoms with E-state index in [2.05, 4.69) is 24.8 Å². The molecule has 0 aliphatic rings. The van der Waals surface area contributed by atoms with E-state index < -0.39 is 0 Å². The number of thioether (sulfide) groups is 1. The molecule has 0 saturated heterocycles. The van der Waals surface area contributed by atoms with Crippen LogP contribution in [0, 0.1) is 13.8 Å². The zero-order valence-corrected chi connectivity index (χ0v) is 15.1. The van der Waals surface area contributed by atoms with Crippen LogP contribution < -0.4 is 0 Å². The molecule has 0 N–H and O–H groups in total. The summed E-state index contributed by atoms with van der Waals surface area (Å²) in [6.45, 7) is 4.56. The molecule has 0 atom stereocenters. The van der Waals surface area contributed by atoms with Gasteiger partial charge in [0.2, 0.25) is 5.16 Å². The number of carbonyl (C=O) groups excluding carboxylic acids is 2. The fraction of sp³-hybridized carbons (Fsp3) is 0.533. The third kappa shape index (κ3) is 4.22. The molecule has 0 unspecified atom stereocenters. The molecule has 0 bridgehead atoms. The third-order valence-corrected chi connectivity index (χ3v) is 4.79. The Kier molecular flexibility index (Phi) is 6.13. The summed E-state index contributed by atoms with van der Waals surface area (Å²) in [7, 11) is 3.12. The standard InChI is InChI=1S/C15H21N5O3S/c1-10-8-12(11(2)20(10)7-5-6-14(22)23-4)13(21)9-24-15-16-17-18-19(15)3/h8H,5-7,9H2,1-4H3. The lowest BCUT2D eigenvalue weighted by atomic mass is 10.2. The summed E-state index contributed by atoms with van der Waals surface area (Å²) < 4.78 is 8.24. The molecule has 0 fully saturated rings. The molecule has 2 aromatic rings. The first-order chi connectivity index (χ1) is 11.4. The van der Waals surface area contributed by atoms with Crippen LogP contribution in [0.2, 0.25) is 0 Å². The van der Waals surface area contributed by atoms with Gasteiger partial charge < -0.3 is 9.30 Å². The smallest absolute Gasteiger partial charge is 0.305 e. The van der Waals surface area contributed by atoms with Gasteiger partial charge in [0.25, 0.3) is 0 Å². The number of carbonyl (C=O) groups is 2. The van der Waals surface area contributed by atoms with Crippen molar-refractivity contribution in [2.75, 3.05) is 12.9 Å². The van der Waals surface area contributed by atoms with Crippen LogP contribution in [0.25, 0.3) is 0 Å². The number of tetrazole rings is 1. The molecule has 2 heterocycles. The lowest BCUT2D eigenvalue weighted by Gasteiger charge is -2.09. The van der Waals surface area contributed by atoms with E-state index in [1.807, 2.05) is 19.9 Å². The lowest BCUT2D eigenvalue weighted by molar-refractivity contribution is -0.140. The number of ether oxygens (including phenoxy) is 1. The lowest BCUT2D eigenvalue weighted by Crippen LogP contribution is -2.09. The zero-order chi connectivity index (χ0) is 17.7. The van der Waals surface area contributed by atoms with Gasteiger partial charge >= 0.3 is 5.97 Å². The maximum atomic E-state index is 12.5. The van der Waals surface area contributed by atoms with Gasteiger partial charge in [-0.3, -0.25) is 9.59 Å². The Hall–Kier alpha value is -2.16. The minimum absolute atomic E-state index is 0.0373. The van der Waals surface area contributed by atoms with E-state index in [4.69, 9.17) is 0 Å². The fourth-order valence-electron chi connectivity index (χ4n) is 2.46. The molecule has 24 heavy (non-hydrogen) atoms. The van der Waals surface area contributed by atoms with Crippen molar-refractivity contribution in [3.8, 4) is 0 Å². The number of nitrogens with zero attached hydrogens (tertiary/aromatic N) is 5. The van der Waals surface area contributed by atoms with E-state index in [0.29, 0.717) is 30.1 Å². The van der Waals surface area contributed by atoms with Gasteiger partial charge in [-0.15, -0.1) is 5.10 Å². The molecule has 0 aliphatic heterocycles. The predicted molar refractivity (Wildman–Crippen MR) is 89.0 cm³/mol. The van der Waals surface area contributed by atoms with E-state index in [-0.39, 0.29) is 17.5 Å². The number of ketones is 1. The Balaban J connectivity index is 2.00. The largest absolute Gasteiger partial charge is 0.469 e. The normalized spacial score (nSPS) is 10.8. The molecule has 0 aromatic carbocycles. The van der Waals surface area contributed by atoms with Crippen LogP contribution in [0.3, 0.4) is 0 Å². The van der Waals surface area contributed by atoms with Gasteiger partial charge in [0.15, 0.2) is 5.78 Å². The van der Waals surface area contributed by atoms with Gasteiger partial charge in [0, 0.05) is 37.0 Å². The molecular formula is C15H21N5O3S. The van der Waals surface area contributed by atoms with Crippen molar-refractivity contribution in [2.45, 2.75) is 38.4 Å². The summed E-state index contributed by atoms with van der Waals surface area (Å²) in [5, 5.41) is 11.8. The van der Waals surface area contributed by atoms with Crippen molar-refractivity contribution < 1.29 is 14.3 Å². The number of aryl methyl sites for hydroxylation is 2. The SMILES string of the molecule is COC(=O)CCCn1c(C)cc(C(=O)CSc2nnnn2C)c1C. The number of aromatic nitrogens is 5. The number of hydrogen-bond donors (Lipinski definition) is 0. The fourth-order valence-corrected chi connectivity index (χ4v) is 3.20. The molecule has 2 rings (SSSR count). The Morgan fingerprint density at radius 2 is 2.08 bits per heavy atom. The number of methoxy groups -OCH3 is 1. The second kappa shape index (κ2) is 8.09. The number of rotatable bonds is 8. The van der Waals surface area contributed by atoms with Gasteiger partial charge in [-0.1, -0.05) is 11.8 Å². The molecule has 0 aliphatic carbocycles. The van der Waals surface area contributed by atoms with Crippen molar-refractivity contribution in [3.05, 3.63) is 23.0 Å². The highest BCUT2D eigenvalue weighted by atomic mass is 32.2.